The first-order chi connectivity index (χ1) is 8.38. The molecule has 0 amide bonds. The molecule has 0 unspecified atom stereocenters. The first-order valence-corrected chi connectivity index (χ1v) is 6.83. The van der Waals surface area contributed by atoms with Gasteiger partial charge in [0.1, 0.15) is 18.0 Å². The molecule has 0 bridgehead atoms. The molecule has 6 heteroatoms. The fraction of sp³-hybridized carbons (Fsp3) is 0.273. The fourth-order valence-corrected chi connectivity index (χ4v) is 2.08. The van der Waals surface area contributed by atoms with Gasteiger partial charge in [-0.3, -0.25) is 0 Å². The minimum atomic E-state index is 0.780. The summed E-state index contributed by atoms with van der Waals surface area (Å²) in [5.74, 6) is 2.43. The predicted octanol–water partition coefficient (Wildman–Crippen LogP) is 2.49. The summed E-state index contributed by atoms with van der Waals surface area (Å²) >= 11 is 5.87. The number of thiol groups is 1. The van der Waals surface area contributed by atoms with E-state index in [0.29, 0.717) is 0 Å². The summed E-state index contributed by atoms with van der Waals surface area (Å²) in [4.78, 5) is 9.58. The molecule has 2 heterocycles. The second kappa shape index (κ2) is 6.46. The van der Waals surface area contributed by atoms with Crippen molar-refractivity contribution in [1.29, 1.82) is 0 Å². The second-order valence-electron chi connectivity index (χ2n) is 3.37. The van der Waals surface area contributed by atoms with Gasteiger partial charge < -0.3 is 10.6 Å². The van der Waals surface area contributed by atoms with Gasteiger partial charge in [-0.05, 0) is 11.4 Å². The summed E-state index contributed by atoms with van der Waals surface area (Å²) in [6.45, 7) is 1.59. The molecule has 0 spiro atoms. The van der Waals surface area contributed by atoms with Gasteiger partial charge in [-0.25, -0.2) is 9.97 Å². The Morgan fingerprint density at radius 3 is 2.76 bits per heavy atom. The van der Waals surface area contributed by atoms with E-state index >= 15 is 0 Å². The molecule has 90 valence electrons. The third-order valence-electron chi connectivity index (χ3n) is 2.11. The van der Waals surface area contributed by atoms with Gasteiger partial charge in [-0.15, -0.1) is 11.3 Å². The van der Waals surface area contributed by atoms with Crippen LogP contribution in [0.5, 0.6) is 0 Å². The van der Waals surface area contributed by atoms with Crippen LogP contribution >= 0.6 is 24.0 Å². The molecular weight excluding hydrogens is 252 g/mol. The van der Waals surface area contributed by atoms with Crippen molar-refractivity contribution in [3.8, 4) is 0 Å². The molecule has 2 N–H and O–H groups in total. The van der Waals surface area contributed by atoms with Gasteiger partial charge in [0.15, 0.2) is 0 Å². The molecule has 0 atom stereocenters. The SMILES string of the molecule is SCCNc1cc(NCc2cccs2)ncn1. The summed E-state index contributed by atoms with van der Waals surface area (Å²) in [5, 5.41) is 8.49. The summed E-state index contributed by atoms with van der Waals surface area (Å²) < 4.78 is 0. The van der Waals surface area contributed by atoms with E-state index in [1.807, 2.05) is 12.1 Å². The molecule has 0 saturated heterocycles. The zero-order chi connectivity index (χ0) is 11.9. The van der Waals surface area contributed by atoms with Crippen molar-refractivity contribution in [3.63, 3.8) is 0 Å². The highest BCUT2D eigenvalue weighted by atomic mass is 32.1. The van der Waals surface area contributed by atoms with Crippen LogP contribution in [-0.4, -0.2) is 22.3 Å². The highest BCUT2D eigenvalue weighted by Crippen LogP contribution is 2.13. The summed E-state index contributed by atoms with van der Waals surface area (Å²) in [6.07, 6.45) is 1.55. The number of aromatic nitrogens is 2. The number of hydrogen-bond acceptors (Lipinski definition) is 6. The van der Waals surface area contributed by atoms with E-state index in [0.717, 1.165) is 30.5 Å². The average Bonchev–Trinajstić information content (AvgIpc) is 2.87. The molecule has 0 aliphatic rings. The van der Waals surface area contributed by atoms with Gasteiger partial charge in [0.2, 0.25) is 0 Å². The first-order valence-electron chi connectivity index (χ1n) is 5.31. The van der Waals surface area contributed by atoms with Crippen molar-refractivity contribution < 1.29 is 0 Å². The van der Waals surface area contributed by atoms with Crippen LogP contribution in [0.3, 0.4) is 0 Å². The summed E-state index contributed by atoms with van der Waals surface area (Å²) in [6, 6.07) is 6.04. The molecule has 17 heavy (non-hydrogen) atoms. The predicted molar refractivity (Wildman–Crippen MR) is 76.0 cm³/mol. The quantitative estimate of drug-likeness (QED) is 0.703. The standard InChI is InChI=1S/C11H14N4S2/c16-4-3-12-10-6-11(15-8-14-10)13-7-9-2-1-5-17-9/h1-2,5-6,8,16H,3-4,7H2,(H2,12,13,14,15). The maximum atomic E-state index is 4.17. The highest BCUT2D eigenvalue weighted by Gasteiger charge is 1.98. The minimum absolute atomic E-state index is 0.780. The lowest BCUT2D eigenvalue weighted by Gasteiger charge is -2.06. The van der Waals surface area contributed by atoms with E-state index < -0.39 is 0 Å². The monoisotopic (exact) mass is 266 g/mol. The first kappa shape index (κ1) is 12.2. The van der Waals surface area contributed by atoms with Crippen LogP contribution in [0, 0.1) is 0 Å². The largest absolute Gasteiger partial charge is 0.369 e. The summed E-state index contributed by atoms with van der Waals surface area (Å²) in [7, 11) is 0. The van der Waals surface area contributed by atoms with E-state index in [4.69, 9.17) is 0 Å². The van der Waals surface area contributed by atoms with Gasteiger partial charge in [0.05, 0.1) is 6.54 Å². The van der Waals surface area contributed by atoms with E-state index in [-0.39, 0.29) is 0 Å². The average molecular weight is 266 g/mol. The fourth-order valence-electron chi connectivity index (χ4n) is 1.33. The molecular formula is C11H14N4S2. The van der Waals surface area contributed by atoms with E-state index in [9.17, 15) is 0 Å². The van der Waals surface area contributed by atoms with Crippen molar-refractivity contribution in [2.75, 3.05) is 22.9 Å². The van der Waals surface area contributed by atoms with Crippen LogP contribution in [0.15, 0.2) is 29.9 Å². The van der Waals surface area contributed by atoms with E-state index in [1.54, 1.807) is 17.7 Å². The van der Waals surface area contributed by atoms with Gasteiger partial charge in [0.25, 0.3) is 0 Å². The van der Waals surface area contributed by atoms with Gasteiger partial charge in [-0.1, -0.05) is 6.07 Å². The zero-order valence-electron chi connectivity index (χ0n) is 9.26. The molecule has 2 rings (SSSR count). The van der Waals surface area contributed by atoms with Crippen molar-refractivity contribution in [3.05, 3.63) is 34.8 Å². The third kappa shape index (κ3) is 3.90. The van der Waals surface area contributed by atoms with Gasteiger partial charge in [0, 0.05) is 23.2 Å². The number of hydrogen-bond donors (Lipinski definition) is 3. The van der Waals surface area contributed by atoms with Crippen LogP contribution in [0.25, 0.3) is 0 Å². The van der Waals surface area contributed by atoms with Crippen LogP contribution in [0.4, 0.5) is 11.6 Å². The van der Waals surface area contributed by atoms with Crippen molar-refractivity contribution in [2.24, 2.45) is 0 Å². The molecule has 4 nitrogen and oxygen atoms in total. The lowest BCUT2D eigenvalue weighted by molar-refractivity contribution is 1.08. The molecule has 0 radical (unpaired) electrons. The van der Waals surface area contributed by atoms with Gasteiger partial charge in [-0.2, -0.15) is 12.6 Å². The normalized spacial score (nSPS) is 10.2. The molecule has 0 fully saturated rings. The summed E-state index contributed by atoms with van der Waals surface area (Å²) in [5.41, 5.74) is 0. The Balaban J connectivity index is 1.91. The molecule has 0 saturated carbocycles. The number of rotatable bonds is 6. The molecule has 0 aliphatic carbocycles. The lowest BCUT2D eigenvalue weighted by Crippen LogP contribution is -2.06. The molecule has 2 aromatic rings. The van der Waals surface area contributed by atoms with E-state index in [1.165, 1.54) is 4.88 Å². The highest BCUT2D eigenvalue weighted by molar-refractivity contribution is 7.80. The Morgan fingerprint density at radius 2 is 2.06 bits per heavy atom. The van der Waals surface area contributed by atoms with Gasteiger partial charge >= 0.3 is 0 Å². The second-order valence-corrected chi connectivity index (χ2v) is 4.85. The van der Waals surface area contributed by atoms with E-state index in [2.05, 4.69) is 44.7 Å². The maximum Gasteiger partial charge on any atom is 0.131 e. The Morgan fingerprint density at radius 1 is 1.24 bits per heavy atom. The molecule has 0 aliphatic heterocycles. The van der Waals surface area contributed by atoms with Crippen LogP contribution in [0.2, 0.25) is 0 Å². The number of nitrogens with one attached hydrogen (secondary N) is 2. The van der Waals surface area contributed by atoms with Crippen molar-refractivity contribution in [2.45, 2.75) is 6.54 Å². The smallest absolute Gasteiger partial charge is 0.131 e. The minimum Gasteiger partial charge on any atom is -0.369 e. The molecule has 0 aromatic carbocycles. The van der Waals surface area contributed by atoms with Crippen LogP contribution in [0.1, 0.15) is 4.88 Å². The Bertz CT molecular complexity index is 444. The van der Waals surface area contributed by atoms with Crippen molar-refractivity contribution >= 4 is 35.6 Å². The van der Waals surface area contributed by atoms with Crippen LogP contribution < -0.4 is 10.6 Å². The Kier molecular flexibility index (Phi) is 4.63. The number of nitrogens with zero attached hydrogens (tertiary/aromatic N) is 2. The van der Waals surface area contributed by atoms with Crippen LogP contribution in [-0.2, 0) is 6.54 Å². The van der Waals surface area contributed by atoms with Crippen molar-refractivity contribution in [1.82, 2.24) is 9.97 Å². The third-order valence-corrected chi connectivity index (χ3v) is 3.21. The maximum absolute atomic E-state index is 4.17. The topological polar surface area (TPSA) is 49.8 Å². The molecule has 2 aromatic heterocycles. The number of anilines is 2. The Labute approximate surface area is 110 Å². The zero-order valence-corrected chi connectivity index (χ0v) is 11.0. The Hall–Kier alpha value is -1.27. The number of thiophene rings is 1. The lowest BCUT2D eigenvalue weighted by atomic mass is 10.4.